The van der Waals surface area contributed by atoms with E-state index in [9.17, 15) is 14.9 Å². The van der Waals surface area contributed by atoms with Gasteiger partial charge in [-0.15, -0.1) is 0 Å². The average Bonchev–Trinajstić information content (AvgIpc) is 3.35. The SMILES string of the molecule is CCOC(=O)C(CC(C)C)c1cc(Br)c(OCC2CC2)c([N+](=O)[O-])c1. The third kappa shape index (κ3) is 5.42. The van der Waals surface area contributed by atoms with Crippen molar-refractivity contribution in [3.63, 3.8) is 0 Å². The van der Waals surface area contributed by atoms with Crippen molar-refractivity contribution >= 4 is 27.6 Å². The second-order valence-electron chi connectivity index (χ2n) is 6.80. The van der Waals surface area contributed by atoms with Gasteiger partial charge < -0.3 is 9.47 Å². The van der Waals surface area contributed by atoms with Gasteiger partial charge in [-0.3, -0.25) is 14.9 Å². The fourth-order valence-electron chi connectivity index (χ4n) is 2.65. The van der Waals surface area contributed by atoms with Crippen molar-refractivity contribution in [2.45, 2.75) is 46.0 Å². The summed E-state index contributed by atoms with van der Waals surface area (Å²) in [5, 5.41) is 11.5. The summed E-state index contributed by atoms with van der Waals surface area (Å²) in [4.78, 5) is 23.4. The highest BCUT2D eigenvalue weighted by molar-refractivity contribution is 9.10. The molecule has 1 aromatic rings. The standard InChI is InChI=1S/C18H24BrNO5/c1-4-24-18(21)14(7-11(2)3)13-8-15(19)17(16(9-13)20(22)23)25-10-12-5-6-12/h8-9,11-12,14H,4-7,10H2,1-3H3. The van der Waals surface area contributed by atoms with Crippen molar-refractivity contribution in [1.29, 1.82) is 0 Å². The van der Waals surface area contributed by atoms with Crippen molar-refractivity contribution in [3.05, 3.63) is 32.3 Å². The molecule has 7 heteroatoms. The van der Waals surface area contributed by atoms with Crippen molar-refractivity contribution in [2.24, 2.45) is 11.8 Å². The summed E-state index contributed by atoms with van der Waals surface area (Å²) < 4.78 is 11.3. The summed E-state index contributed by atoms with van der Waals surface area (Å²) >= 11 is 3.38. The van der Waals surface area contributed by atoms with Crippen molar-refractivity contribution in [2.75, 3.05) is 13.2 Å². The molecule has 1 aromatic carbocycles. The maximum absolute atomic E-state index is 12.3. The predicted molar refractivity (Wildman–Crippen MR) is 97.8 cm³/mol. The normalized spacial score (nSPS) is 15.1. The van der Waals surface area contributed by atoms with Gasteiger partial charge in [-0.25, -0.2) is 0 Å². The Kier molecular flexibility index (Phi) is 6.81. The van der Waals surface area contributed by atoms with E-state index in [0.717, 1.165) is 12.8 Å². The van der Waals surface area contributed by atoms with Gasteiger partial charge in [0.05, 0.1) is 28.5 Å². The minimum Gasteiger partial charge on any atom is -0.486 e. The van der Waals surface area contributed by atoms with Crippen LogP contribution in [0.2, 0.25) is 0 Å². The number of halogens is 1. The average molecular weight is 414 g/mol. The highest BCUT2D eigenvalue weighted by atomic mass is 79.9. The second kappa shape index (κ2) is 8.65. The van der Waals surface area contributed by atoms with E-state index in [1.54, 1.807) is 13.0 Å². The van der Waals surface area contributed by atoms with Crippen LogP contribution in [0.15, 0.2) is 16.6 Å². The summed E-state index contributed by atoms with van der Waals surface area (Å²) in [6, 6.07) is 3.18. The lowest BCUT2D eigenvalue weighted by Crippen LogP contribution is -2.18. The van der Waals surface area contributed by atoms with Gasteiger partial charge in [0.1, 0.15) is 0 Å². The fraction of sp³-hybridized carbons (Fsp3) is 0.611. The molecule has 0 bridgehead atoms. The Morgan fingerprint density at radius 3 is 2.60 bits per heavy atom. The van der Waals surface area contributed by atoms with Crippen LogP contribution >= 0.6 is 15.9 Å². The number of hydrogen-bond acceptors (Lipinski definition) is 5. The lowest BCUT2D eigenvalue weighted by Gasteiger charge is -2.19. The van der Waals surface area contributed by atoms with Gasteiger partial charge in [-0.2, -0.15) is 0 Å². The smallest absolute Gasteiger partial charge is 0.313 e. The molecule has 0 aromatic heterocycles. The fourth-order valence-corrected chi connectivity index (χ4v) is 3.23. The molecule has 1 fully saturated rings. The molecule has 1 atom stereocenters. The third-order valence-corrected chi connectivity index (χ3v) is 4.67. The van der Waals surface area contributed by atoms with E-state index in [0.29, 0.717) is 29.0 Å². The van der Waals surface area contributed by atoms with Gasteiger partial charge in [0.2, 0.25) is 5.75 Å². The number of nitro groups is 1. The number of benzene rings is 1. The molecule has 0 aliphatic heterocycles. The molecule has 6 nitrogen and oxygen atoms in total. The number of nitrogens with zero attached hydrogens (tertiary/aromatic N) is 1. The van der Waals surface area contributed by atoms with E-state index in [1.807, 2.05) is 13.8 Å². The van der Waals surface area contributed by atoms with E-state index in [-0.39, 0.29) is 29.9 Å². The molecule has 0 amide bonds. The predicted octanol–water partition coefficient (Wildman–Crippen LogP) is 4.84. The van der Waals surface area contributed by atoms with Gasteiger partial charge in [-0.1, -0.05) is 13.8 Å². The lowest BCUT2D eigenvalue weighted by atomic mass is 9.90. The quantitative estimate of drug-likeness (QED) is 0.328. The van der Waals surface area contributed by atoms with Gasteiger partial charge in [0.25, 0.3) is 0 Å². The summed E-state index contributed by atoms with van der Waals surface area (Å²) in [5.74, 6) is 0.0710. The van der Waals surface area contributed by atoms with Crippen molar-refractivity contribution < 1.29 is 19.2 Å². The molecule has 1 unspecified atom stereocenters. The number of nitro benzene ring substituents is 1. The first kappa shape index (κ1) is 19.7. The Morgan fingerprint density at radius 1 is 1.40 bits per heavy atom. The molecule has 1 aliphatic carbocycles. The zero-order valence-electron chi connectivity index (χ0n) is 14.8. The number of carbonyl (C=O) groups is 1. The topological polar surface area (TPSA) is 78.7 Å². The Morgan fingerprint density at radius 2 is 2.08 bits per heavy atom. The number of ether oxygens (including phenoxy) is 2. The summed E-state index contributed by atoms with van der Waals surface area (Å²) in [6.07, 6.45) is 2.76. The Hall–Kier alpha value is -1.63. The molecule has 1 saturated carbocycles. The monoisotopic (exact) mass is 413 g/mol. The van der Waals surface area contributed by atoms with Crippen molar-refractivity contribution in [3.8, 4) is 5.75 Å². The molecule has 0 N–H and O–H groups in total. The molecular weight excluding hydrogens is 390 g/mol. The van der Waals surface area contributed by atoms with Gasteiger partial charge in [0, 0.05) is 6.07 Å². The number of hydrogen-bond donors (Lipinski definition) is 0. The van der Waals surface area contributed by atoms with Crippen molar-refractivity contribution in [1.82, 2.24) is 0 Å². The van der Waals surface area contributed by atoms with Crippen LogP contribution in [-0.4, -0.2) is 24.1 Å². The molecule has 0 spiro atoms. The minimum absolute atomic E-state index is 0.122. The zero-order valence-corrected chi connectivity index (χ0v) is 16.4. The van der Waals surface area contributed by atoms with Crippen LogP contribution in [0.1, 0.15) is 51.5 Å². The molecular formula is C18H24BrNO5. The maximum atomic E-state index is 12.3. The highest BCUT2D eigenvalue weighted by Crippen LogP contribution is 2.41. The number of carbonyl (C=O) groups excluding carboxylic acids is 1. The molecule has 0 saturated heterocycles. The van der Waals surface area contributed by atoms with Gasteiger partial charge in [-0.05, 0) is 65.6 Å². The Balaban J connectivity index is 2.37. The first-order valence-corrected chi connectivity index (χ1v) is 9.40. The van der Waals surface area contributed by atoms with E-state index in [4.69, 9.17) is 9.47 Å². The van der Waals surface area contributed by atoms with E-state index in [2.05, 4.69) is 15.9 Å². The van der Waals surface area contributed by atoms with Crippen LogP contribution in [0, 0.1) is 22.0 Å². The zero-order chi connectivity index (χ0) is 18.6. The molecule has 2 rings (SSSR count). The molecule has 1 aliphatic rings. The van der Waals surface area contributed by atoms with Crippen LogP contribution in [0.3, 0.4) is 0 Å². The number of rotatable bonds is 9. The van der Waals surface area contributed by atoms with Crippen LogP contribution in [0.25, 0.3) is 0 Å². The molecule has 0 radical (unpaired) electrons. The van der Waals surface area contributed by atoms with Gasteiger partial charge >= 0.3 is 11.7 Å². The van der Waals surface area contributed by atoms with Crippen LogP contribution in [0.4, 0.5) is 5.69 Å². The Bertz CT molecular complexity index is 643. The largest absolute Gasteiger partial charge is 0.486 e. The van der Waals surface area contributed by atoms with Crippen LogP contribution < -0.4 is 4.74 Å². The van der Waals surface area contributed by atoms with E-state index < -0.39 is 10.8 Å². The molecule has 138 valence electrons. The van der Waals surface area contributed by atoms with Crippen LogP contribution in [0.5, 0.6) is 5.75 Å². The van der Waals surface area contributed by atoms with E-state index >= 15 is 0 Å². The third-order valence-electron chi connectivity index (χ3n) is 4.08. The summed E-state index contributed by atoms with van der Waals surface area (Å²) in [6.45, 7) is 6.51. The Labute approximate surface area is 156 Å². The van der Waals surface area contributed by atoms with Gasteiger partial charge in [0.15, 0.2) is 0 Å². The molecule has 0 heterocycles. The minimum atomic E-state index is -0.535. The maximum Gasteiger partial charge on any atom is 0.313 e. The summed E-state index contributed by atoms with van der Waals surface area (Å²) in [7, 11) is 0. The lowest BCUT2D eigenvalue weighted by molar-refractivity contribution is -0.386. The highest BCUT2D eigenvalue weighted by Gasteiger charge is 2.30. The molecule has 25 heavy (non-hydrogen) atoms. The second-order valence-corrected chi connectivity index (χ2v) is 7.65. The first-order valence-electron chi connectivity index (χ1n) is 8.60. The number of esters is 1. The van der Waals surface area contributed by atoms with Crippen LogP contribution in [-0.2, 0) is 9.53 Å². The van der Waals surface area contributed by atoms with E-state index in [1.165, 1.54) is 6.07 Å². The first-order chi connectivity index (χ1) is 11.8. The summed E-state index contributed by atoms with van der Waals surface area (Å²) in [5.41, 5.74) is 0.451.